The van der Waals surface area contributed by atoms with Gasteiger partial charge >= 0.3 is 5.97 Å². The first-order valence-corrected chi connectivity index (χ1v) is 14.3. The zero-order valence-electron chi connectivity index (χ0n) is 22.7. The molecule has 0 spiro atoms. The SMILES string of the molecule is CN(CC(O)CNC(C)(C)Cc1ccc2ccccc2c1)S(=O)(=O)c1ccc(-c2ccc(C(=O)O)c(O)c2)cc1. The number of hydrogen-bond donors (Lipinski definition) is 4. The van der Waals surface area contributed by atoms with Crippen LogP contribution in [0.1, 0.15) is 29.8 Å². The number of fused-ring (bicyclic) bond motifs is 1. The molecule has 0 aliphatic carbocycles. The number of β-amino-alcohol motifs (C(OH)–C–C–N with tert-alkyl or cyclic N) is 1. The fraction of sp³-hybridized carbons (Fsp3) is 0.258. The Morgan fingerprint density at radius 3 is 2.23 bits per heavy atom. The molecule has 0 aromatic heterocycles. The number of carboxylic acid groups (broad SMARTS) is 1. The van der Waals surface area contributed by atoms with Crippen molar-refractivity contribution in [2.45, 2.75) is 36.8 Å². The second-order valence-electron chi connectivity index (χ2n) is 10.6. The number of benzene rings is 4. The van der Waals surface area contributed by atoms with Gasteiger partial charge in [0, 0.05) is 25.7 Å². The number of aromatic carboxylic acids is 1. The van der Waals surface area contributed by atoms with Crippen LogP contribution in [0.5, 0.6) is 5.75 Å². The van der Waals surface area contributed by atoms with E-state index in [-0.39, 0.29) is 34.8 Å². The van der Waals surface area contributed by atoms with Gasteiger partial charge in [-0.3, -0.25) is 0 Å². The zero-order chi connectivity index (χ0) is 29.1. The van der Waals surface area contributed by atoms with E-state index in [1.54, 1.807) is 18.2 Å². The van der Waals surface area contributed by atoms with Crippen molar-refractivity contribution in [2.24, 2.45) is 0 Å². The number of carbonyl (C=O) groups is 1. The highest BCUT2D eigenvalue weighted by molar-refractivity contribution is 7.89. The van der Waals surface area contributed by atoms with Gasteiger partial charge in [0.1, 0.15) is 11.3 Å². The summed E-state index contributed by atoms with van der Waals surface area (Å²) in [7, 11) is -2.44. The van der Waals surface area contributed by atoms with Gasteiger partial charge < -0.3 is 20.6 Å². The van der Waals surface area contributed by atoms with Gasteiger partial charge in [-0.15, -0.1) is 0 Å². The average molecular weight is 563 g/mol. The molecule has 0 radical (unpaired) electrons. The third-order valence-corrected chi connectivity index (χ3v) is 8.71. The first-order chi connectivity index (χ1) is 18.9. The number of phenols is 1. The van der Waals surface area contributed by atoms with Crippen molar-refractivity contribution in [3.8, 4) is 16.9 Å². The maximum Gasteiger partial charge on any atom is 0.339 e. The first-order valence-electron chi connectivity index (χ1n) is 12.9. The molecule has 0 aliphatic heterocycles. The number of sulfonamides is 1. The Morgan fingerprint density at radius 1 is 0.925 bits per heavy atom. The summed E-state index contributed by atoms with van der Waals surface area (Å²) in [4.78, 5) is 11.2. The number of aromatic hydroxyl groups is 1. The molecule has 4 N–H and O–H groups in total. The Balaban J connectivity index is 1.35. The van der Waals surface area contributed by atoms with Crippen LogP contribution in [0.2, 0.25) is 0 Å². The molecule has 8 nitrogen and oxygen atoms in total. The number of nitrogens with one attached hydrogen (secondary N) is 1. The van der Waals surface area contributed by atoms with Crippen LogP contribution in [0.3, 0.4) is 0 Å². The van der Waals surface area contributed by atoms with Crippen LogP contribution in [0.25, 0.3) is 21.9 Å². The third-order valence-electron chi connectivity index (χ3n) is 6.87. The Hall–Kier alpha value is -3.76. The molecule has 4 aromatic carbocycles. The van der Waals surface area contributed by atoms with Gasteiger partial charge in [0.2, 0.25) is 10.0 Å². The van der Waals surface area contributed by atoms with E-state index in [1.165, 1.54) is 47.6 Å². The fourth-order valence-corrected chi connectivity index (χ4v) is 5.87. The summed E-state index contributed by atoms with van der Waals surface area (Å²) in [5.41, 5.74) is 1.80. The minimum absolute atomic E-state index is 0.0573. The molecule has 0 saturated heterocycles. The van der Waals surface area contributed by atoms with Crippen LogP contribution in [-0.2, 0) is 16.4 Å². The van der Waals surface area contributed by atoms with Crippen LogP contribution in [0.4, 0.5) is 0 Å². The standard InChI is InChI=1S/C31H34N2O6S/c1-31(2,18-21-8-9-22-6-4-5-7-24(22)16-21)32-19-26(34)20-33(3)40(38,39)27-13-10-23(11-14-27)25-12-15-28(30(36)37)29(35)17-25/h4-17,26,32,34-35H,18-20H2,1-3H3,(H,36,37). The van der Waals surface area contributed by atoms with Crippen molar-refractivity contribution in [3.63, 3.8) is 0 Å². The molecular weight excluding hydrogens is 528 g/mol. The molecule has 9 heteroatoms. The lowest BCUT2D eigenvalue weighted by Crippen LogP contribution is -2.47. The first kappa shape index (κ1) is 29.2. The van der Waals surface area contributed by atoms with Gasteiger partial charge in [-0.2, -0.15) is 4.31 Å². The molecule has 4 aromatic rings. The van der Waals surface area contributed by atoms with Gasteiger partial charge in [-0.25, -0.2) is 13.2 Å². The highest BCUT2D eigenvalue weighted by Crippen LogP contribution is 2.28. The van der Waals surface area contributed by atoms with Gasteiger partial charge in [0.25, 0.3) is 0 Å². The summed E-state index contributed by atoms with van der Waals surface area (Å²) in [6.07, 6.45) is -0.187. The number of nitrogens with zero attached hydrogens (tertiary/aromatic N) is 1. The smallest absolute Gasteiger partial charge is 0.339 e. The normalized spacial score (nSPS) is 13.0. The van der Waals surface area contributed by atoms with Crippen molar-refractivity contribution >= 4 is 26.8 Å². The largest absolute Gasteiger partial charge is 0.507 e. The lowest BCUT2D eigenvalue weighted by molar-refractivity contribution is 0.0693. The Kier molecular flexibility index (Phi) is 8.60. The van der Waals surface area contributed by atoms with Crippen molar-refractivity contribution in [1.29, 1.82) is 0 Å². The molecular formula is C31H34N2O6S. The minimum atomic E-state index is -3.86. The fourth-order valence-electron chi connectivity index (χ4n) is 4.67. The number of rotatable bonds is 11. The molecule has 0 fully saturated rings. The lowest BCUT2D eigenvalue weighted by Gasteiger charge is -2.29. The minimum Gasteiger partial charge on any atom is -0.507 e. The molecule has 1 atom stereocenters. The Bertz CT molecular complexity index is 1620. The van der Waals surface area contributed by atoms with Crippen LogP contribution in [0, 0.1) is 0 Å². The topological polar surface area (TPSA) is 127 Å². The molecule has 0 aliphatic rings. The number of aliphatic hydroxyl groups excluding tert-OH is 1. The van der Waals surface area contributed by atoms with E-state index < -0.39 is 22.1 Å². The van der Waals surface area contributed by atoms with E-state index in [1.807, 2.05) is 26.0 Å². The highest BCUT2D eigenvalue weighted by Gasteiger charge is 2.25. The zero-order valence-corrected chi connectivity index (χ0v) is 23.5. The van der Waals surface area contributed by atoms with Gasteiger partial charge in [-0.1, -0.05) is 60.7 Å². The molecule has 0 bridgehead atoms. The summed E-state index contributed by atoms with van der Waals surface area (Å²) < 4.78 is 27.4. The maximum absolute atomic E-state index is 13.1. The van der Waals surface area contributed by atoms with Crippen LogP contribution in [0.15, 0.2) is 89.8 Å². The van der Waals surface area contributed by atoms with E-state index in [0.717, 1.165) is 10.7 Å². The quantitative estimate of drug-likeness (QED) is 0.212. The molecule has 210 valence electrons. The maximum atomic E-state index is 13.1. The lowest BCUT2D eigenvalue weighted by atomic mass is 9.93. The molecule has 40 heavy (non-hydrogen) atoms. The third kappa shape index (κ3) is 6.86. The van der Waals surface area contributed by atoms with E-state index in [4.69, 9.17) is 5.11 Å². The van der Waals surface area contributed by atoms with Gasteiger partial charge in [0.15, 0.2) is 0 Å². The molecule has 0 heterocycles. The Labute approximate surface area is 234 Å². The van der Waals surface area contributed by atoms with Crippen molar-refractivity contribution in [3.05, 3.63) is 96.1 Å². The summed E-state index contributed by atoms with van der Waals surface area (Å²) in [5.74, 6) is -1.61. The number of likely N-dealkylation sites (N-methyl/N-ethyl adjacent to an activating group) is 1. The summed E-state index contributed by atoms with van der Waals surface area (Å²) in [6.45, 7) is 4.22. The van der Waals surface area contributed by atoms with E-state index in [9.17, 15) is 23.4 Å². The van der Waals surface area contributed by atoms with Crippen molar-refractivity contribution in [2.75, 3.05) is 20.1 Å². The molecule has 1 unspecified atom stereocenters. The predicted octanol–water partition coefficient (Wildman–Crippen LogP) is 4.50. The highest BCUT2D eigenvalue weighted by atomic mass is 32.2. The predicted molar refractivity (Wildman–Crippen MR) is 156 cm³/mol. The molecule has 0 amide bonds. The average Bonchev–Trinajstić information content (AvgIpc) is 2.91. The molecule has 4 rings (SSSR count). The Morgan fingerprint density at radius 2 is 1.57 bits per heavy atom. The number of aliphatic hydroxyl groups is 1. The van der Waals surface area contributed by atoms with E-state index in [2.05, 4.69) is 35.6 Å². The summed E-state index contributed by atoms with van der Waals surface area (Å²) in [6, 6.07) is 24.8. The van der Waals surface area contributed by atoms with E-state index >= 15 is 0 Å². The van der Waals surface area contributed by atoms with Gasteiger partial charge in [0.05, 0.1) is 11.0 Å². The summed E-state index contributed by atoms with van der Waals surface area (Å²) >= 11 is 0. The van der Waals surface area contributed by atoms with Crippen LogP contribution >= 0.6 is 0 Å². The van der Waals surface area contributed by atoms with Crippen molar-refractivity contribution in [1.82, 2.24) is 9.62 Å². The molecule has 0 saturated carbocycles. The van der Waals surface area contributed by atoms with Crippen molar-refractivity contribution < 1.29 is 28.5 Å². The number of carboxylic acids is 1. The second-order valence-corrected chi connectivity index (χ2v) is 12.7. The van der Waals surface area contributed by atoms with Crippen LogP contribution < -0.4 is 5.32 Å². The van der Waals surface area contributed by atoms with Crippen LogP contribution in [-0.4, -0.2) is 65.8 Å². The monoisotopic (exact) mass is 562 g/mol. The second kappa shape index (κ2) is 11.8. The number of hydrogen-bond acceptors (Lipinski definition) is 6. The van der Waals surface area contributed by atoms with E-state index in [0.29, 0.717) is 11.1 Å². The summed E-state index contributed by atoms with van der Waals surface area (Å²) in [5, 5.41) is 35.4. The van der Waals surface area contributed by atoms with Gasteiger partial charge in [-0.05, 0) is 72.0 Å².